The zero-order valence-corrected chi connectivity index (χ0v) is 22.5. The van der Waals surface area contributed by atoms with Crippen molar-refractivity contribution in [2.45, 2.75) is 70.6 Å². The van der Waals surface area contributed by atoms with Gasteiger partial charge in [0.25, 0.3) is 0 Å². The Morgan fingerprint density at radius 1 is 1.11 bits per heavy atom. The molecule has 1 saturated heterocycles. The number of benzene rings is 2. The molecule has 2 aromatic rings. The van der Waals surface area contributed by atoms with Crippen LogP contribution < -0.4 is 5.32 Å². The molecule has 36 heavy (non-hydrogen) atoms. The summed E-state index contributed by atoms with van der Waals surface area (Å²) >= 11 is 12.1. The van der Waals surface area contributed by atoms with E-state index in [9.17, 15) is 15.2 Å². The summed E-state index contributed by atoms with van der Waals surface area (Å²) in [6.07, 6.45) is 2.55. The molecule has 3 rings (SSSR count). The second-order valence-electron chi connectivity index (χ2n) is 11.2. The Morgan fingerprint density at radius 2 is 1.78 bits per heavy atom. The number of carbonyl (C=O) groups excluding carboxylic acids is 1. The van der Waals surface area contributed by atoms with Crippen LogP contribution in [-0.4, -0.2) is 40.1 Å². The van der Waals surface area contributed by atoms with Gasteiger partial charge in [-0.25, -0.2) is 8.78 Å². The molecule has 1 fully saturated rings. The summed E-state index contributed by atoms with van der Waals surface area (Å²) in [5.74, 6) is -3.62. The van der Waals surface area contributed by atoms with Crippen molar-refractivity contribution in [2.75, 3.05) is 6.54 Å². The number of likely N-dealkylation sites (tertiary alicyclic amines) is 1. The van der Waals surface area contributed by atoms with Crippen LogP contribution in [-0.2, 0) is 4.79 Å². The second kappa shape index (κ2) is 10.5. The van der Waals surface area contributed by atoms with Crippen molar-refractivity contribution < 1.29 is 18.7 Å². The van der Waals surface area contributed by atoms with E-state index in [-0.39, 0.29) is 33.1 Å². The van der Waals surface area contributed by atoms with E-state index >= 15 is 8.78 Å². The molecular formula is C27H31Cl2F2N3O2. The fourth-order valence-corrected chi connectivity index (χ4v) is 5.33. The number of rotatable bonds is 6. The zero-order chi connectivity index (χ0) is 27.0. The highest BCUT2D eigenvalue weighted by Crippen LogP contribution is 2.52. The largest absolute Gasteiger partial charge is 0.389 e. The monoisotopic (exact) mass is 537 g/mol. The van der Waals surface area contributed by atoms with E-state index in [1.165, 1.54) is 49.1 Å². The number of hydrogen-bond acceptors (Lipinski definition) is 4. The highest BCUT2D eigenvalue weighted by atomic mass is 35.5. The van der Waals surface area contributed by atoms with Crippen molar-refractivity contribution >= 4 is 29.1 Å². The topological polar surface area (TPSA) is 76.4 Å². The summed E-state index contributed by atoms with van der Waals surface area (Å²) in [7, 11) is 0. The first kappa shape index (κ1) is 28.2. The van der Waals surface area contributed by atoms with Crippen LogP contribution >= 0.6 is 23.2 Å². The molecule has 0 aromatic heterocycles. The molecule has 1 amide bonds. The standard InChI is InChI=1S/C27H31Cl2F2N3O2/c1-26(2,3)12-20-21(16-10-9-15(28)11-19(16)30)22(17-7-6-8-18(29)23(17)31)24(34(20)14-32)25(35)33-13-27(4,5)36/h6-11,20-22,24,36H,12-13H2,1-5H3,(H,33,35)/t20-,21+,22+,24+/m0/s1. The smallest absolute Gasteiger partial charge is 0.244 e. The number of nitrogens with one attached hydrogen (secondary N) is 1. The second-order valence-corrected chi connectivity index (χ2v) is 12.0. The van der Waals surface area contributed by atoms with Gasteiger partial charge in [-0.2, -0.15) is 5.26 Å². The summed E-state index contributed by atoms with van der Waals surface area (Å²) in [5, 5.41) is 23.2. The van der Waals surface area contributed by atoms with Crippen molar-refractivity contribution in [3.63, 3.8) is 0 Å². The lowest BCUT2D eigenvalue weighted by Crippen LogP contribution is -2.49. The number of nitrogens with zero attached hydrogens (tertiary/aromatic N) is 2. The van der Waals surface area contributed by atoms with Crippen molar-refractivity contribution in [3.8, 4) is 6.19 Å². The first-order valence-electron chi connectivity index (χ1n) is 11.7. The van der Waals surface area contributed by atoms with E-state index in [4.69, 9.17) is 23.2 Å². The van der Waals surface area contributed by atoms with Gasteiger partial charge in [-0.15, -0.1) is 0 Å². The lowest BCUT2D eigenvalue weighted by atomic mass is 9.73. The highest BCUT2D eigenvalue weighted by molar-refractivity contribution is 6.31. The van der Waals surface area contributed by atoms with Gasteiger partial charge in [0.2, 0.25) is 5.91 Å². The van der Waals surface area contributed by atoms with E-state index in [0.717, 1.165) is 0 Å². The van der Waals surface area contributed by atoms with Crippen LogP contribution in [0.25, 0.3) is 0 Å². The number of aliphatic hydroxyl groups is 1. The Hall–Kier alpha value is -2.40. The first-order chi connectivity index (χ1) is 16.6. The van der Waals surface area contributed by atoms with Gasteiger partial charge in [0.05, 0.1) is 10.6 Å². The molecule has 1 aliphatic heterocycles. The zero-order valence-electron chi connectivity index (χ0n) is 20.9. The van der Waals surface area contributed by atoms with Gasteiger partial charge >= 0.3 is 0 Å². The molecule has 1 aliphatic rings. The Labute approximate surface area is 221 Å². The number of halogens is 4. The van der Waals surface area contributed by atoms with E-state index in [0.29, 0.717) is 6.42 Å². The third kappa shape index (κ3) is 6.11. The average Bonchev–Trinajstić information content (AvgIpc) is 3.05. The minimum Gasteiger partial charge on any atom is -0.389 e. The fraction of sp³-hybridized carbons (Fsp3) is 0.481. The van der Waals surface area contributed by atoms with Gasteiger partial charge < -0.3 is 10.4 Å². The van der Waals surface area contributed by atoms with Crippen LogP contribution in [0.2, 0.25) is 10.0 Å². The molecule has 2 N–H and O–H groups in total. The van der Waals surface area contributed by atoms with E-state index in [1.807, 2.05) is 20.8 Å². The van der Waals surface area contributed by atoms with Crippen molar-refractivity contribution in [1.29, 1.82) is 5.26 Å². The molecular weight excluding hydrogens is 507 g/mol. The van der Waals surface area contributed by atoms with Crippen LogP contribution in [0.1, 0.15) is 64.0 Å². The lowest BCUT2D eigenvalue weighted by Gasteiger charge is -2.32. The summed E-state index contributed by atoms with van der Waals surface area (Å²) in [4.78, 5) is 14.9. The normalized spacial score (nSPS) is 22.4. The SMILES string of the molecule is CC(C)(C)C[C@H]1[C@@H](c2ccc(Cl)cc2F)[C@@H](c2cccc(Cl)c2F)[C@H](C(=O)NCC(C)(C)O)N1C#N. The Kier molecular flexibility index (Phi) is 8.24. The van der Waals surface area contributed by atoms with Crippen LogP contribution in [0.4, 0.5) is 8.78 Å². The van der Waals surface area contributed by atoms with Gasteiger partial charge in [-0.3, -0.25) is 9.69 Å². The Morgan fingerprint density at radius 3 is 2.33 bits per heavy atom. The van der Waals surface area contributed by atoms with Gasteiger partial charge in [-0.05, 0) is 55.0 Å². The van der Waals surface area contributed by atoms with Gasteiger partial charge in [0.1, 0.15) is 17.7 Å². The number of hydrogen-bond donors (Lipinski definition) is 2. The molecule has 0 saturated carbocycles. The lowest BCUT2D eigenvalue weighted by molar-refractivity contribution is -0.126. The average molecular weight is 538 g/mol. The maximum atomic E-state index is 15.5. The van der Waals surface area contributed by atoms with E-state index in [1.54, 1.807) is 6.07 Å². The summed E-state index contributed by atoms with van der Waals surface area (Å²) < 4.78 is 30.9. The molecule has 0 radical (unpaired) electrons. The maximum absolute atomic E-state index is 15.5. The predicted molar refractivity (Wildman–Crippen MR) is 137 cm³/mol. The first-order valence-corrected chi connectivity index (χ1v) is 12.5. The van der Waals surface area contributed by atoms with Crippen LogP contribution in [0.5, 0.6) is 0 Å². The number of nitriles is 1. The van der Waals surface area contributed by atoms with Crippen molar-refractivity contribution in [2.24, 2.45) is 5.41 Å². The maximum Gasteiger partial charge on any atom is 0.244 e. The molecule has 1 heterocycles. The van der Waals surface area contributed by atoms with E-state index < -0.39 is 47.1 Å². The minimum atomic E-state index is -1.21. The van der Waals surface area contributed by atoms with Crippen LogP contribution in [0.15, 0.2) is 36.4 Å². The fourth-order valence-electron chi connectivity index (χ4n) is 4.99. The van der Waals surface area contributed by atoms with Crippen molar-refractivity contribution in [1.82, 2.24) is 10.2 Å². The van der Waals surface area contributed by atoms with E-state index in [2.05, 4.69) is 11.5 Å². The Bertz CT molecular complexity index is 1170. The third-order valence-electron chi connectivity index (χ3n) is 6.36. The summed E-state index contributed by atoms with van der Waals surface area (Å²) in [6.45, 7) is 8.92. The van der Waals surface area contributed by atoms with Crippen LogP contribution in [0, 0.1) is 28.5 Å². The number of carbonyl (C=O) groups is 1. The quantitative estimate of drug-likeness (QED) is 0.443. The molecule has 5 nitrogen and oxygen atoms in total. The Balaban J connectivity index is 2.28. The number of amides is 1. The van der Waals surface area contributed by atoms with Crippen molar-refractivity contribution in [3.05, 3.63) is 69.2 Å². The molecule has 0 bridgehead atoms. The highest BCUT2D eigenvalue weighted by Gasteiger charge is 2.55. The molecule has 194 valence electrons. The van der Waals surface area contributed by atoms with Gasteiger partial charge in [0.15, 0.2) is 6.19 Å². The van der Waals surface area contributed by atoms with Crippen LogP contribution in [0.3, 0.4) is 0 Å². The molecule has 9 heteroatoms. The minimum absolute atomic E-state index is 0.0870. The molecule has 0 spiro atoms. The molecule has 0 unspecified atom stereocenters. The molecule has 4 atom stereocenters. The summed E-state index contributed by atoms with van der Waals surface area (Å²) in [5.41, 5.74) is -1.18. The molecule has 0 aliphatic carbocycles. The molecule has 2 aromatic carbocycles. The van der Waals surface area contributed by atoms with Gasteiger partial charge in [0, 0.05) is 29.4 Å². The summed E-state index contributed by atoms with van der Waals surface area (Å²) in [6, 6.07) is 6.91. The predicted octanol–water partition coefficient (Wildman–Crippen LogP) is 6.00. The van der Waals surface area contributed by atoms with Gasteiger partial charge in [-0.1, -0.05) is 62.2 Å². The third-order valence-corrected chi connectivity index (χ3v) is 6.89.